The third-order valence-electron chi connectivity index (χ3n) is 1.72. The fourth-order valence-corrected chi connectivity index (χ4v) is 1.11. The molecule has 0 amide bonds. The van der Waals surface area contributed by atoms with Gasteiger partial charge in [-0.2, -0.15) is 0 Å². The van der Waals surface area contributed by atoms with Crippen molar-refractivity contribution in [2.75, 3.05) is 0 Å². The zero-order valence-electron chi connectivity index (χ0n) is 11.2. The zero-order valence-corrected chi connectivity index (χ0v) is 9.18. The van der Waals surface area contributed by atoms with Crippen LogP contribution in [0, 0.1) is 0 Å². The summed E-state index contributed by atoms with van der Waals surface area (Å²) in [4.78, 5) is 0. The molecule has 0 aliphatic carbocycles. The predicted molar refractivity (Wildman–Crippen MR) is 55.2 cm³/mol. The molecule has 0 spiro atoms. The van der Waals surface area contributed by atoms with Crippen molar-refractivity contribution in [2.45, 2.75) is 0 Å². The van der Waals surface area contributed by atoms with Gasteiger partial charge in [0.1, 0.15) is 11.5 Å². The van der Waals surface area contributed by atoms with Crippen LogP contribution in [0.1, 0.15) is 2.85 Å². The van der Waals surface area contributed by atoms with Crippen LogP contribution in [0.2, 0.25) is 0 Å². The standard InChI is InChI=1S/C12H10O.2Li.2H/c1-3-7-11(8-4-1)13-12-9-5-2-6-10-12;;;;/h1-10H;;;;/q;2*+1;2*-1. The van der Waals surface area contributed by atoms with Crippen LogP contribution < -0.4 is 42.5 Å². The van der Waals surface area contributed by atoms with E-state index < -0.39 is 0 Å². The molecule has 2 aromatic rings. The molecule has 0 radical (unpaired) electrons. The Morgan fingerprint density at radius 1 is 0.600 bits per heavy atom. The third kappa shape index (κ3) is 4.65. The zero-order chi connectivity index (χ0) is 8.93. The van der Waals surface area contributed by atoms with Crippen molar-refractivity contribution < 1.29 is 45.3 Å². The monoisotopic (exact) mass is 186 g/mol. The van der Waals surface area contributed by atoms with E-state index in [4.69, 9.17) is 4.74 Å². The molecule has 2 aromatic carbocycles. The van der Waals surface area contributed by atoms with Crippen LogP contribution in [-0.2, 0) is 0 Å². The summed E-state index contributed by atoms with van der Waals surface area (Å²) >= 11 is 0. The largest absolute Gasteiger partial charge is 1.00 e. The number of hydrogen-bond donors (Lipinski definition) is 0. The van der Waals surface area contributed by atoms with Crippen molar-refractivity contribution in [1.29, 1.82) is 0 Å². The Morgan fingerprint density at radius 2 is 0.933 bits per heavy atom. The molecule has 0 N–H and O–H groups in total. The van der Waals surface area contributed by atoms with Gasteiger partial charge in [-0.25, -0.2) is 0 Å². The maximum atomic E-state index is 5.58. The molecule has 0 aliphatic rings. The minimum Gasteiger partial charge on any atom is -1.00 e. The van der Waals surface area contributed by atoms with Gasteiger partial charge in [-0.05, 0) is 24.3 Å². The Balaban J connectivity index is -0.000000490. The Bertz CT molecular complexity index is 333. The summed E-state index contributed by atoms with van der Waals surface area (Å²) in [6, 6.07) is 19.5. The summed E-state index contributed by atoms with van der Waals surface area (Å²) in [6.45, 7) is 0. The van der Waals surface area contributed by atoms with E-state index in [1.165, 1.54) is 0 Å². The first-order valence-electron chi connectivity index (χ1n) is 4.23. The molecule has 68 valence electrons. The number of rotatable bonds is 2. The average Bonchev–Trinajstić information content (AvgIpc) is 2.21. The first-order valence-corrected chi connectivity index (χ1v) is 4.23. The van der Waals surface area contributed by atoms with Crippen LogP contribution in [0.5, 0.6) is 11.5 Å². The van der Waals surface area contributed by atoms with E-state index in [-0.39, 0.29) is 40.6 Å². The summed E-state index contributed by atoms with van der Waals surface area (Å²) in [5.74, 6) is 1.74. The van der Waals surface area contributed by atoms with Crippen LogP contribution in [0.3, 0.4) is 0 Å². The van der Waals surface area contributed by atoms with Crippen molar-refractivity contribution in [1.82, 2.24) is 0 Å². The number of benzene rings is 2. The molecular formula is C12H12Li2O. The summed E-state index contributed by atoms with van der Waals surface area (Å²) in [6.07, 6.45) is 0. The van der Waals surface area contributed by atoms with Gasteiger partial charge in [0, 0.05) is 0 Å². The van der Waals surface area contributed by atoms with Crippen LogP contribution in [-0.4, -0.2) is 0 Å². The van der Waals surface area contributed by atoms with E-state index >= 15 is 0 Å². The Kier molecular flexibility index (Phi) is 7.40. The molecule has 0 fully saturated rings. The summed E-state index contributed by atoms with van der Waals surface area (Å²) in [5, 5.41) is 0. The van der Waals surface area contributed by atoms with Gasteiger partial charge in [-0.1, -0.05) is 36.4 Å². The second-order valence-electron chi connectivity index (χ2n) is 2.73. The number of para-hydroxylation sites is 2. The fraction of sp³-hybridized carbons (Fsp3) is 0. The maximum absolute atomic E-state index is 5.58. The van der Waals surface area contributed by atoms with Gasteiger partial charge >= 0.3 is 37.7 Å². The van der Waals surface area contributed by atoms with Crippen molar-refractivity contribution in [3.63, 3.8) is 0 Å². The average molecular weight is 186 g/mol. The van der Waals surface area contributed by atoms with Gasteiger partial charge < -0.3 is 7.59 Å². The molecule has 0 bridgehead atoms. The molecule has 0 saturated carbocycles. The van der Waals surface area contributed by atoms with Gasteiger partial charge in [-0.15, -0.1) is 0 Å². The molecule has 2 rings (SSSR count). The number of hydrogen-bond acceptors (Lipinski definition) is 1. The minimum absolute atomic E-state index is 0. The predicted octanol–water partition coefficient (Wildman–Crippen LogP) is -2.29. The van der Waals surface area contributed by atoms with E-state index in [1.807, 2.05) is 60.7 Å². The Morgan fingerprint density at radius 3 is 1.27 bits per heavy atom. The minimum atomic E-state index is 0. The smallest absolute Gasteiger partial charge is 1.00 e. The van der Waals surface area contributed by atoms with Gasteiger partial charge in [-0.3, -0.25) is 0 Å². The van der Waals surface area contributed by atoms with Crippen LogP contribution in [0.4, 0.5) is 0 Å². The first kappa shape index (κ1) is 14.4. The molecule has 15 heavy (non-hydrogen) atoms. The SMILES string of the molecule is [H-].[H-].[Li+].[Li+].c1ccc(Oc2ccccc2)cc1. The van der Waals surface area contributed by atoms with Gasteiger partial charge in [0.15, 0.2) is 0 Å². The van der Waals surface area contributed by atoms with E-state index in [0.29, 0.717) is 0 Å². The third-order valence-corrected chi connectivity index (χ3v) is 1.72. The second-order valence-corrected chi connectivity index (χ2v) is 2.73. The van der Waals surface area contributed by atoms with Crippen LogP contribution in [0.15, 0.2) is 60.7 Å². The summed E-state index contributed by atoms with van der Waals surface area (Å²) in [5.41, 5.74) is 0. The van der Waals surface area contributed by atoms with Gasteiger partial charge in [0.2, 0.25) is 0 Å². The Hall–Kier alpha value is -0.565. The van der Waals surface area contributed by atoms with Gasteiger partial charge in [0.25, 0.3) is 0 Å². The molecule has 0 aliphatic heterocycles. The van der Waals surface area contributed by atoms with Gasteiger partial charge in [0.05, 0.1) is 0 Å². The normalized spacial score (nSPS) is 8.27. The van der Waals surface area contributed by atoms with Crippen molar-refractivity contribution in [3.05, 3.63) is 60.7 Å². The molecule has 0 heterocycles. The molecule has 0 saturated heterocycles. The molecule has 0 atom stereocenters. The van der Waals surface area contributed by atoms with Crippen molar-refractivity contribution in [2.24, 2.45) is 0 Å². The molecule has 3 heteroatoms. The van der Waals surface area contributed by atoms with E-state index in [9.17, 15) is 0 Å². The molecule has 1 nitrogen and oxygen atoms in total. The van der Waals surface area contributed by atoms with Crippen LogP contribution >= 0.6 is 0 Å². The summed E-state index contributed by atoms with van der Waals surface area (Å²) < 4.78 is 5.58. The number of ether oxygens (including phenoxy) is 1. The quantitative estimate of drug-likeness (QED) is 0.480. The first-order chi connectivity index (χ1) is 6.45. The van der Waals surface area contributed by atoms with Crippen LogP contribution in [0.25, 0.3) is 0 Å². The molecular weight excluding hydrogens is 174 g/mol. The van der Waals surface area contributed by atoms with Crippen molar-refractivity contribution >= 4 is 0 Å². The van der Waals surface area contributed by atoms with E-state index in [1.54, 1.807) is 0 Å². The fourth-order valence-electron chi connectivity index (χ4n) is 1.11. The maximum Gasteiger partial charge on any atom is 1.00 e. The topological polar surface area (TPSA) is 9.23 Å². The van der Waals surface area contributed by atoms with Crippen molar-refractivity contribution in [3.8, 4) is 11.5 Å². The molecule has 0 unspecified atom stereocenters. The summed E-state index contributed by atoms with van der Waals surface area (Å²) in [7, 11) is 0. The Labute approximate surface area is 117 Å². The van der Waals surface area contributed by atoms with E-state index in [2.05, 4.69) is 0 Å². The molecule has 0 aromatic heterocycles. The second kappa shape index (κ2) is 7.69. The van der Waals surface area contributed by atoms with E-state index in [0.717, 1.165) is 11.5 Å².